The van der Waals surface area contributed by atoms with Crippen molar-refractivity contribution in [3.8, 4) is 5.75 Å². The molecule has 0 bridgehead atoms. The van der Waals surface area contributed by atoms with Gasteiger partial charge in [-0.05, 0) is 104 Å². The van der Waals surface area contributed by atoms with Crippen molar-refractivity contribution in [2.45, 2.75) is 129 Å². The number of nitrogens with one attached hydrogen (secondary N) is 2. The lowest BCUT2D eigenvalue weighted by Gasteiger charge is -2.31. The molecule has 2 N–H and O–H groups in total. The van der Waals surface area contributed by atoms with Crippen LogP contribution in [0.25, 0.3) is 15.8 Å². The van der Waals surface area contributed by atoms with Crippen LogP contribution in [0.1, 0.15) is 120 Å². The van der Waals surface area contributed by atoms with Crippen LogP contribution in [0, 0.1) is 0 Å². The molecule has 5 rings (SSSR count). The monoisotopic (exact) mass is 745 g/mol. The van der Waals surface area contributed by atoms with Crippen LogP contribution >= 0.6 is 23.3 Å². The highest BCUT2D eigenvalue weighted by Crippen LogP contribution is 2.47. The molecule has 51 heavy (non-hydrogen) atoms. The van der Waals surface area contributed by atoms with Crippen molar-refractivity contribution < 1.29 is 27.2 Å². The first-order chi connectivity index (χ1) is 24.2. The molecule has 13 heteroatoms. The number of nitrogens with zero attached hydrogens (tertiary/aromatic N) is 3. The smallest absolute Gasteiger partial charge is 0.417 e. The van der Waals surface area contributed by atoms with E-state index in [4.69, 9.17) is 14.2 Å². The average molecular weight is 746 g/mol. The number of hydrogen-bond donors (Lipinski definition) is 2. The number of hydrogen-bond acceptors (Lipinski definition) is 9. The van der Waals surface area contributed by atoms with Crippen LogP contribution in [-0.4, -0.2) is 51.7 Å². The molecule has 1 amide bonds. The number of ether oxygens (including phenoxy) is 1. The van der Waals surface area contributed by atoms with E-state index >= 15 is 0 Å². The number of thiazole rings is 1. The summed E-state index contributed by atoms with van der Waals surface area (Å²) in [5, 5.41) is 8.65. The van der Waals surface area contributed by atoms with Crippen molar-refractivity contribution in [2.24, 2.45) is 0 Å². The Balaban J connectivity index is 1.36. The van der Waals surface area contributed by atoms with Crippen LogP contribution in [0.5, 0.6) is 5.75 Å². The van der Waals surface area contributed by atoms with Gasteiger partial charge in [-0.2, -0.15) is 13.2 Å². The highest BCUT2D eigenvalue weighted by molar-refractivity contribution is 7.99. The molecule has 0 saturated heterocycles. The van der Waals surface area contributed by atoms with Gasteiger partial charge in [-0.25, -0.2) is 4.98 Å². The molecule has 278 valence electrons. The molecule has 2 heterocycles. The molecule has 2 unspecified atom stereocenters. The lowest BCUT2D eigenvalue weighted by molar-refractivity contribution is -0.0875. The van der Waals surface area contributed by atoms with Crippen molar-refractivity contribution in [3.63, 3.8) is 0 Å². The number of carbonyl (C=O) groups is 1. The Hall–Kier alpha value is -3.29. The van der Waals surface area contributed by atoms with Gasteiger partial charge < -0.3 is 19.5 Å². The number of amides is 1. The summed E-state index contributed by atoms with van der Waals surface area (Å²) in [6.07, 6.45) is 4.76. The molecule has 2 saturated carbocycles. The molecule has 3 aromatic rings. The maximum absolute atomic E-state index is 14.1. The Bertz CT molecular complexity index is 1770. The Morgan fingerprint density at radius 1 is 1.25 bits per heavy atom. The summed E-state index contributed by atoms with van der Waals surface area (Å²) in [5.41, 5.74) is 1.26. The highest BCUT2D eigenvalue weighted by Gasteiger charge is 2.40. The lowest BCUT2D eigenvalue weighted by Crippen LogP contribution is -2.39. The van der Waals surface area contributed by atoms with E-state index in [9.17, 15) is 18.0 Å². The second-order valence-corrected chi connectivity index (χ2v) is 16.4. The van der Waals surface area contributed by atoms with E-state index in [0.717, 1.165) is 59.9 Å². The first-order valence-electron chi connectivity index (χ1n) is 17.9. The summed E-state index contributed by atoms with van der Waals surface area (Å²) in [4.78, 5) is 20.5. The van der Waals surface area contributed by atoms with Crippen LogP contribution in [0.3, 0.4) is 0 Å². The number of rotatable bonds is 18. The third-order valence-corrected chi connectivity index (χ3v) is 11.6. The molecule has 2 aromatic heterocycles. The summed E-state index contributed by atoms with van der Waals surface area (Å²) in [6, 6.07) is 3.80. The number of anilines is 1. The lowest BCUT2D eigenvalue weighted by atomic mass is 9.97. The molecule has 2 aliphatic carbocycles. The molecular weight excluding hydrogens is 696 g/mol. The molecular formula is C38H50F3N5O3S2. The molecule has 2 atom stereocenters. The van der Waals surface area contributed by atoms with Gasteiger partial charge in [0, 0.05) is 52.5 Å². The van der Waals surface area contributed by atoms with Crippen molar-refractivity contribution >= 4 is 50.1 Å². The molecule has 2 aliphatic rings. The summed E-state index contributed by atoms with van der Waals surface area (Å²) in [6.45, 7) is 18.6. The van der Waals surface area contributed by atoms with Gasteiger partial charge in [-0.3, -0.25) is 9.52 Å². The van der Waals surface area contributed by atoms with Crippen LogP contribution in [0.2, 0.25) is 0 Å². The van der Waals surface area contributed by atoms with Crippen LogP contribution in [0.4, 0.5) is 18.3 Å². The maximum Gasteiger partial charge on any atom is 0.417 e. The van der Waals surface area contributed by atoms with Gasteiger partial charge in [-0.15, -0.1) is 0 Å². The standard InChI is InChI=1S/C38H50F3N5O3S2/c1-9-13-27(29(11-3)38(39,40)41)32-28(34(49-44-32)24-14-15-24)21-42-26(10-2)18-23(7)46(12-4)36-43-33-30(48-22(5)6)19-25(20-31(33)50-36)35(47)45-51-37(8)16-17-37/h9,11,13,19-20,22-24,26,42H,3,10,12,14-18,21H2,1-2,4-8H3,(H,45,47)/b13-9-,29-27-. The minimum atomic E-state index is -4.59. The van der Waals surface area contributed by atoms with E-state index in [-0.39, 0.29) is 46.0 Å². The van der Waals surface area contributed by atoms with E-state index < -0.39 is 11.7 Å². The van der Waals surface area contributed by atoms with E-state index in [1.165, 1.54) is 29.4 Å². The third kappa shape index (κ3) is 9.39. The predicted molar refractivity (Wildman–Crippen MR) is 203 cm³/mol. The average Bonchev–Trinajstić information content (AvgIpc) is 3.97. The SMILES string of the molecule is C=C/C(=C(\C=C/C)c1noc(C2CC2)c1CNC(CC)CC(C)N(CC)c1nc2c(OC(C)C)cc(C(=O)NSC3(C)CC3)cc2s1)C(F)(F)F. The van der Waals surface area contributed by atoms with Gasteiger partial charge in [0.15, 0.2) is 5.13 Å². The quantitative estimate of drug-likeness (QED) is 0.0982. The molecule has 0 aliphatic heterocycles. The van der Waals surface area contributed by atoms with Gasteiger partial charge in [0.25, 0.3) is 5.91 Å². The first-order valence-corrected chi connectivity index (χ1v) is 19.5. The predicted octanol–water partition coefficient (Wildman–Crippen LogP) is 10.1. The number of benzene rings is 1. The van der Waals surface area contributed by atoms with Crippen molar-refractivity contribution in [3.05, 3.63) is 65.1 Å². The van der Waals surface area contributed by atoms with E-state index in [1.807, 2.05) is 19.9 Å². The summed E-state index contributed by atoms with van der Waals surface area (Å²) < 4.78 is 58.1. The Morgan fingerprint density at radius 3 is 2.55 bits per heavy atom. The molecule has 1 aromatic carbocycles. The molecule has 0 spiro atoms. The van der Waals surface area contributed by atoms with Crippen molar-refractivity contribution in [1.29, 1.82) is 0 Å². The van der Waals surface area contributed by atoms with Crippen LogP contribution < -0.4 is 19.7 Å². The molecule has 0 radical (unpaired) electrons. The fourth-order valence-electron chi connectivity index (χ4n) is 6.12. The van der Waals surface area contributed by atoms with Gasteiger partial charge in [0.1, 0.15) is 22.7 Å². The van der Waals surface area contributed by atoms with Crippen LogP contribution in [0.15, 0.2) is 47.0 Å². The zero-order valence-corrected chi connectivity index (χ0v) is 32.2. The number of alkyl halides is 3. The summed E-state index contributed by atoms with van der Waals surface area (Å²) in [5.74, 6) is 1.26. The first kappa shape index (κ1) is 38.9. The van der Waals surface area contributed by atoms with Crippen LogP contribution in [-0.2, 0) is 6.54 Å². The summed E-state index contributed by atoms with van der Waals surface area (Å²) >= 11 is 3.02. The van der Waals surface area contributed by atoms with E-state index in [2.05, 4.69) is 54.4 Å². The maximum atomic E-state index is 14.1. The zero-order chi connectivity index (χ0) is 37.1. The van der Waals surface area contributed by atoms with Gasteiger partial charge >= 0.3 is 6.18 Å². The largest absolute Gasteiger partial charge is 0.489 e. The second kappa shape index (κ2) is 16.2. The van der Waals surface area contributed by atoms with E-state index in [1.54, 1.807) is 19.1 Å². The number of allylic oxidation sites excluding steroid dienone is 5. The second-order valence-electron chi connectivity index (χ2n) is 14.0. The normalized spacial score (nSPS) is 17.5. The van der Waals surface area contributed by atoms with Gasteiger partial charge in [0.05, 0.1) is 16.4 Å². The fraction of sp³-hybridized carbons (Fsp3) is 0.553. The zero-order valence-electron chi connectivity index (χ0n) is 30.6. The number of aromatic nitrogens is 2. The topological polar surface area (TPSA) is 92.5 Å². The molecule has 8 nitrogen and oxygen atoms in total. The third-order valence-electron chi connectivity index (χ3n) is 9.38. The fourth-order valence-corrected chi connectivity index (χ4v) is 8.07. The number of fused-ring (bicyclic) bond motifs is 1. The Kier molecular flexibility index (Phi) is 12.3. The highest BCUT2D eigenvalue weighted by atomic mass is 32.2. The van der Waals surface area contributed by atoms with Crippen molar-refractivity contribution in [2.75, 3.05) is 11.4 Å². The van der Waals surface area contributed by atoms with Crippen molar-refractivity contribution in [1.82, 2.24) is 20.2 Å². The minimum Gasteiger partial charge on any atom is -0.489 e. The molecule has 2 fully saturated rings. The Labute approximate surface area is 307 Å². The Morgan fingerprint density at radius 2 is 1.98 bits per heavy atom. The summed E-state index contributed by atoms with van der Waals surface area (Å²) in [7, 11) is 0. The minimum absolute atomic E-state index is 0.0423. The number of halogens is 3. The van der Waals surface area contributed by atoms with Gasteiger partial charge in [-0.1, -0.05) is 48.2 Å². The van der Waals surface area contributed by atoms with Gasteiger partial charge in [0.2, 0.25) is 0 Å². The van der Waals surface area contributed by atoms with E-state index in [0.29, 0.717) is 35.7 Å². The number of carbonyl (C=O) groups excluding carboxylic acids is 1.